The van der Waals surface area contributed by atoms with Gasteiger partial charge in [-0.1, -0.05) is 0 Å². The highest BCUT2D eigenvalue weighted by atomic mass is 32.2. The largest absolute Gasteiger partial charge is 0.319 e. The predicted octanol–water partition coefficient (Wildman–Crippen LogP) is 1.15. The molecule has 0 bridgehead atoms. The number of rotatable bonds is 4. The average molecular weight is 260 g/mol. The third-order valence-electron chi connectivity index (χ3n) is 2.80. The van der Waals surface area contributed by atoms with Crippen LogP contribution < -0.4 is 5.32 Å². The van der Waals surface area contributed by atoms with Crippen LogP contribution in [0, 0.1) is 0 Å². The number of thiazole rings is 1. The number of nitrogens with zero attached hydrogens (tertiary/aromatic N) is 1. The zero-order chi connectivity index (χ0) is 11.6. The van der Waals surface area contributed by atoms with E-state index in [1.165, 1.54) is 11.3 Å². The summed E-state index contributed by atoms with van der Waals surface area (Å²) in [6, 6.07) is 0. The lowest BCUT2D eigenvalue weighted by atomic mass is 10.2. The van der Waals surface area contributed by atoms with Gasteiger partial charge in [0.15, 0.2) is 9.84 Å². The van der Waals surface area contributed by atoms with Crippen molar-refractivity contribution >= 4 is 21.2 Å². The van der Waals surface area contributed by atoms with Crippen LogP contribution in [-0.2, 0) is 16.3 Å². The van der Waals surface area contributed by atoms with E-state index in [2.05, 4.69) is 10.3 Å². The topological polar surface area (TPSA) is 59.1 Å². The summed E-state index contributed by atoms with van der Waals surface area (Å²) in [7, 11) is -1.02. The van der Waals surface area contributed by atoms with Gasteiger partial charge in [0.05, 0.1) is 11.4 Å². The van der Waals surface area contributed by atoms with E-state index in [0.29, 0.717) is 5.75 Å². The van der Waals surface area contributed by atoms with E-state index in [4.69, 9.17) is 0 Å². The summed E-state index contributed by atoms with van der Waals surface area (Å²) >= 11 is 1.48. The first-order valence-electron chi connectivity index (χ1n) is 5.44. The van der Waals surface area contributed by atoms with E-state index in [-0.39, 0.29) is 5.25 Å². The molecule has 1 saturated heterocycles. The molecule has 1 aromatic heterocycles. The molecule has 0 aromatic carbocycles. The second kappa shape index (κ2) is 4.81. The molecule has 0 spiro atoms. The third-order valence-corrected chi connectivity index (χ3v) is 6.14. The smallest absolute Gasteiger partial charge is 0.159 e. The van der Waals surface area contributed by atoms with Crippen LogP contribution in [0.5, 0.6) is 0 Å². The molecule has 6 heteroatoms. The Labute approximate surface area is 100 Å². The fourth-order valence-electron chi connectivity index (χ4n) is 1.91. The standard InChI is InChI=1S/C10H16N2O2S2/c1-11-5-4-8-7-15-10(12-8)9-3-2-6-16(9,13)14/h7,9,11H,2-6H2,1H3. The lowest BCUT2D eigenvalue weighted by Crippen LogP contribution is -2.11. The summed E-state index contributed by atoms with van der Waals surface area (Å²) in [5, 5.41) is 5.48. The van der Waals surface area contributed by atoms with Crippen molar-refractivity contribution in [2.45, 2.75) is 24.5 Å². The molecule has 1 unspecified atom stereocenters. The molecular formula is C10H16N2O2S2. The number of hydrogen-bond acceptors (Lipinski definition) is 5. The maximum Gasteiger partial charge on any atom is 0.159 e. The fraction of sp³-hybridized carbons (Fsp3) is 0.700. The van der Waals surface area contributed by atoms with Crippen molar-refractivity contribution in [1.82, 2.24) is 10.3 Å². The molecule has 1 atom stereocenters. The van der Waals surface area contributed by atoms with Crippen LogP contribution in [-0.4, -0.2) is 32.7 Å². The molecule has 0 saturated carbocycles. The lowest BCUT2D eigenvalue weighted by molar-refractivity contribution is 0.592. The molecule has 1 aliphatic heterocycles. The minimum Gasteiger partial charge on any atom is -0.319 e. The maximum atomic E-state index is 11.7. The van der Waals surface area contributed by atoms with E-state index in [1.807, 2.05) is 12.4 Å². The fourth-order valence-corrected chi connectivity index (χ4v) is 5.12. The Balaban J connectivity index is 2.13. The highest BCUT2D eigenvalue weighted by molar-refractivity contribution is 7.92. The van der Waals surface area contributed by atoms with Gasteiger partial charge in [0, 0.05) is 18.3 Å². The van der Waals surface area contributed by atoms with Gasteiger partial charge < -0.3 is 5.32 Å². The van der Waals surface area contributed by atoms with Crippen molar-refractivity contribution in [3.05, 3.63) is 16.1 Å². The zero-order valence-corrected chi connectivity index (χ0v) is 10.9. The highest BCUT2D eigenvalue weighted by Crippen LogP contribution is 2.36. The monoisotopic (exact) mass is 260 g/mol. The molecule has 4 nitrogen and oxygen atoms in total. The van der Waals surface area contributed by atoms with Crippen LogP contribution in [0.3, 0.4) is 0 Å². The van der Waals surface area contributed by atoms with Gasteiger partial charge in [-0.2, -0.15) is 0 Å². The Morgan fingerprint density at radius 1 is 1.62 bits per heavy atom. The molecule has 2 rings (SSSR count). The predicted molar refractivity (Wildman–Crippen MR) is 65.5 cm³/mol. The van der Waals surface area contributed by atoms with Crippen LogP contribution >= 0.6 is 11.3 Å². The van der Waals surface area contributed by atoms with Gasteiger partial charge in [-0.3, -0.25) is 0 Å². The highest BCUT2D eigenvalue weighted by Gasteiger charge is 2.34. The molecule has 2 heterocycles. The molecule has 16 heavy (non-hydrogen) atoms. The summed E-state index contributed by atoms with van der Waals surface area (Å²) in [5.74, 6) is 0.323. The van der Waals surface area contributed by atoms with Gasteiger partial charge in [0.2, 0.25) is 0 Å². The minimum atomic E-state index is -2.92. The van der Waals surface area contributed by atoms with Gasteiger partial charge in [0.1, 0.15) is 10.3 Å². The molecule has 1 fully saturated rings. The average Bonchev–Trinajstić information content (AvgIpc) is 2.81. The molecule has 1 aliphatic rings. The molecule has 0 amide bonds. The molecule has 0 aliphatic carbocycles. The quantitative estimate of drug-likeness (QED) is 0.882. The number of hydrogen-bond donors (Lipinski definition) is 1. The summed E-state index contributed by atoms with van der Waals surface area (Å²) in [5.41, 5.74) is 0.997. The number of sulfone groups is 1. The van der Waals surface area contributed by atoms with E-state index < -0.39 is 9.84 Å². The Bertz CT molecular complexity index is 453. The first-order valence-corrected chi connectivity index (χ1v) is 8.03. The molecule has 1 N–H and O–H groups in total. The molecule has 0 radical (unpaired) electrons. The van der Waals surface area contributed by atoms with E-state index in [9.17, 15) is 8.42 Å². The molecular weight excluding hydrogens is 244 g/mol. The van der Waals surface area contributed by atoms with Gasteiger partial charge in [-0.05, 0) is 19.9 Å². The second-order valence-corrected chi connectivity index (χ2v) is 7.22. The van der Waals surface area contributed by atoms with Crippen LogP contribution in [0.25, 0.3) is 0 Å². The Morgan fingerprint density at radius 2 is 2.44 bits per heavy atom. The summed E-state index contributed by atoms with van der Waals surface area (Å²) < 4.78 is 23.5. The van der Waals surface area contributed by atoms with Crippen molar-refractivity contribution < 1.29 is 8.42 Å². The van der Waals surface area contributed by atoms with Gasteiger partial charge in [-0.25, -0.2) is 13.4 Å². The van der Waals surface area contributed by atoms with Crippen LogP contribution in [0.15, 0.2) is 5.38 Å². The van der Waals surface area contributed by atoms with Crippen LogP contribution in [0.4, 0.5) is 0 Å². The number of nitrogens with one attached hydrogen (secondary N) is 1. The Kier molecular flexibility index (Phi) is 3.61. The maximum absolute atomic E-state index is 11.7. The second-order valence-electron chi connectivity index (χ2n) is 4.03. The van der Waals surface area contributed by atoms with Gasteiger partial charge in [0.25, 0.3) is 0 Å². The SMILES string of the molecule is CNCCc1csc(C2CCCS2(=O)=O)n1. The Hall–Kier alpha value is -0.460. The van der Waals surface area contributed by atoms with Crippen molar-refractivity contribution in [2.75, 3.05) is 19.3 Å². The normalized spacial score (nSPS) is 23.7. The number of likely N-dealkylation sites (N-methyl/N-ethyl adjacent to an activating group) is 1. The van der Waals surface area contributed by atoms with E-state index in [0.717, 1.165) is 36.5 Å². The van der Waals surface area contributed by atoms with E-state index >= 15 is 0 Å². The zero-order valence-electron chi connectivity index (χ0n) is 9.27. The summed E-state index contributed by atoms with van der Waals surface area (Å²) in [4.78, 5) is 4.42. The van der Waals surface area contributed by atoms with Crippen molar-refractivity contribution in [3.63, 3.8) is 0 Å². The van der Waals surface area contributed by atoms with E-state index in [1.54, 1.807) is 0 Å². The lowest BCUT2D eigenvalue weighted by Gasteiger charge is -2.04. The molecule has 1 aromatic rings. The number of aromatic nitrogens is 1. The van der Waals surface area contributed by atoms with Crippen molar-refractivity contribution in [2.24, 2.45) is 0 Å². The summed E-state index contributed by atoms with van der Waals surface area (Å²) in [6.07, 6.45) is 2.37. The Morgan fingerprint density at radius 3 is 3.06 bits per heavy atom. The van der Waals surface area contributed by atoms with Crippen molar-refractivity contribution in [1.29, 1.82) is 0 Å². The van der Waals surface area contributed by atoms with Crippen molar-refractivity contribution in [3.8, 4) is 0 Å². The van der Waals surface area contributed by atoms with Crippen LogP contribution in [0.2, 0.25) is 0 Å². The van der Waals surface area contributed by atoms with Gasteiger partial charge in [-0.15, -0.1) is 11.3 Å². The van der Waals surface area contributed by atoms with Crippen LogP contribution in [0.1, 0.15) is 28.8 Å². The first-order chi connectivity index (χ1) is 7.63. The minimum absolute atomic E-state index is 0.323. The first kappa shape index (κ1) is 12.0. The summed E-state index contributed by atoms with van der Waals surface area (Å²) in [6.45, 7) is 0.876. The van der Waals surface area contributed by atoms with Gasteiger partial charge >= 0.3 is 0 Å². The molecule has 90 valence electrons. The third kappa shape index (κ3) is 2.44.